The van der Waals surface area contributed by atoms with Crippen molar-refractivity contribution in [1.29, 1.82) is 0 Å². The lowest BCUT2D eigenvalue weighted by Crippen LogP contribution is -2.16. The number of thiazole rings is 1. The fourth-order valence-corrected chi connectivity index (χ4v) is 3.53. The summed E-state index contributed by atoms with van der Waals surface area (Å²) < 4.78 is 10.6. The zero-order valence-electron chi connectivity index (χ0n) is 15.4. The van der Waals surface area contributed by atoms with E-state index in [1.807, 2.05) is 12.1 Å². The highest BCUT2D eigenvalue weighted by Gasteiger charge is 2.06. The molecule has 4 nitrogen and oxygen atoms in total. The number of benzene rings is 2. The van der Waals surface area contributed by atoms with Crippen molar-refractivity contribution < 1.29 is 9.47 Å². The number of nitrogens with zero attached hydrogens (tertiary/aromatic N) is 1. The van der Waals surface area contributed by atoms with Gasteiger partial charge in [0.1, 0.15) is 5.01 Å². The van der Waals surface area contributed by atoms with E-state index in [1.165, 1.54) is 16.7 Å². The molecule has 0 aliphatic rings. The molecule has 1 N–H and O–H groups in total. The highest BCUT2D eigenvalue weighted by atomic mass is 32.1. The van der Waals surface area contributed by atoms with E-state index in [2.05, 4.69) is 48.0 Å². The maximum absolute atomic E-state index is 5.35. The maximum atomic E-state index is 5.35. The average molecular weight is 369 g/mol. The Morgan fingerprint density at radius 1 is 1.00 bits per heavy atom. The van der Waals surface area contributed by atoms with Crippen molar-refractivity contribution in [3.8, 4) is 22.1 Å². The van der Waals surface area contributed by atoms with Crippen LogP contribution in [-0.4, -0.2) is 25.7 Å². The monoisotopic (exact) mass is 368 g/mol. The van der Waals surface area contributed by atoms with E-state index in [9.17, 15) is 0 Å². The van der Waals surface area contributed by atoms with Gasteiger partial charge in [0.25, 0.3) is 0 Å². The normalized spacial score (nSPS) is 10.7. The molecule has 0 aliphatic carbocycles. The van der Waals surface area contributed by atoms with Crippen molar-refractivity contribution in [2.75, 3.05) is 20.8 Å². The summed E-state index contributed by atoms with van der Waals surface area (Å²) in [6.45, 7) is 3.75. The zero-order chi connectivity index (χ0) is 18.4. The van der Waals surface area contributed by atoms with E-state index in [1.54, 1.807) is 25.6 Å². The van der Waals surface area contributed by atoms with Crippen LogP contribution >= 0.6 is 11.3 Å². The van der Waals surface area contributed by atoms with Gasteiger partial charge in [-0.3, -0.25) is 0 Å². The van der Waals surface area contributed by atoms with Crippen molar-refractivity contribution in [2.24, 2.45) is 0 Å². The number of aromatic nitrogens is 1. The molecule has 0 bridgehead atoms. The van der Waals surface area contributed by atoms with Crippen LogP contribution < -0.4 is 14.8 Å². The molecular weight excluding hydrogens is 344 g/mol. The molecule has 0 amide bonds. The van der Waals surface area contributed by atoms with Gasteiger partial charge in [-0.05, 0) is 37.6 Å². The zero-order valence-corrected chi connectivity index (χ0v) is 16.2. The summed E-state index contributed by atoms with van der Waals surface area (Å²) >= 11 is 1.69. The number of hydrogen-bond acceptors (Lipinski definition) is 5. The molecule has 3 aromatic rings. The Bertz CT molecular complexity index is 843. The molecule has 136 valence electrons. The lowest BCUT2D eigenvalue weighted by Gasteiger charge is -2.09. The third kappa shape index (κ3) is 4.62. The number of nitrogens with one attached hydrogen (secondary N) is 1. The molecule has 2 aromatic carbocycles. The van der Waals surface area contributed by atoms with Crippen molar-refractivity contribution in [3.63, 3.8) is 0 Å². The van der Waals surface area contributed by atoms with Crippen LogP contribution in [0.25, 0.3) is 10.6 Å². The van der Waals surface area contributed by atoms with E-state index in [-0.39, 0.29) is 0 Å². The Morgan fingerprint density at radius 2 is 1.77 bits per heavy atom. The van der Waals surface area contributed by atoms with Crippen molar-refractivity contribution in [3.05, 3.63) is 64.7 Å². The topological polar surface area (TPSA) is 43.4 Å². The summed E-state index contributed by atoms with van der Waals surface area (Å²) in [6.07, 6.45) is 0.926. The quantitative estimate of drug-likeness (QED) is 0.596. The van der Waals surface area contributed by atoms with Crippen LogP contribution in [0.15, 0.2) is 47.8 Å². The van der Waals surface area contributed by atoms with E-state index in [4.69, 9.17) is 14.5 Å². The van der Waals surface area contributed by atoms with Gasteiger partial charge in [-0.1, -0.05) is 35.9 Å². The number of ether oxygens (including phenoxy) is 2. The number of hydrogen-bond donors (Lipinski definition) is 1. The van der Waals surface area contributed by atoms with Crippen molar-refractivity contribution >= 4 is 11.3 Å². The second-order valence-electron chi connectivity index (χ2n) is 6.13. The molecule has 26 heavy (non-hydrogen) atoms. The first kappa shape index (κ1) is 18.4. The molecule has 0 spiro atoms. The summed E-state index contributed by atoms with van der Waals surface area (Å²) in [6, 6.07) is 14.5. The first-order chi connectivity index (χ1) is 12.7. The molecule has 0 radical (unpaired) electrons. The molecule has 3 rings (SSSR count). The van der Waals surface area contributed by atoms with Crippen LogP contribution in [0.4, 0.5) is 0 Å². The van der Waals surface area contributed by atoms with E-state index < -0.39 is 0 Å². The fourth-order valence-electron chi connectivity index (χ4n) is 2.70. The lowest BCUT2D eigenvalue weighted by atomic mass is 10.1. The molecule has 0 unspecified atom stereocenters. The van der Waals surface area contributed by atoms with E-state index in [0.717, 1.165) is 41.7 Å². The smallest absolute Gasteiger partial charge is 0.160 e. The Labute approximate surface area is 158 Å². The van der Waals surface area contributed by atoms with Crippen molar-refractivity contribution in [1.82, 2.24) is 10.3 Å². The van der Waals surface area contributed by atoms with Crippen LogP contribution in [-0.2, 0) is 13.0 Å². The third-order valence-corrected chi connectivity index (χ3v) is 5.13. The highest BCUT2D eigenvalue weighted by molar-refractivity contribution is 7.13. The summed E-state index contributed by atoms with van der Waals surface area (Å²) in [4.78, 5) is 4.72. The molecular formula is C21H24N2O2S. The van der Waals surface area contributed by atoms with Gasteiger partial charge in [-0.25, -0.2) is 4.98 Å². The predicted molar refractivity (Wildman–Crippen MR) is 107 cm³/mol. The van der Waals surface area contributed by atoms with Gasteiger partial charge in [0.05, 0.1) is 19.9 Å². The number of rotatable bonds is 8. The SMILES string of the molecule is COc1ccc(CCNCc2csc(-c3ccc(C)cc3)n2)cc1OC. The minimum absolute atomic E-state index is 0.760. The first-order valence-corrected chi connectivity index (χ1v) is 9.50. The molecule has 5 heteroatoms. The molecule has 0 atom stereocenters. The largest absolute Gasteiger partial charge is 0.493 e. The Balaban J connectivity index is 1.50. The Hall–Kier alpha value is -2.37. The average Bonchev–Trinajstić information content (AvgIpc) is 3.14. The molecule has 0 fully saturated rings. The van der Waals surface area contributed by atoms with Crippen molar-refractivity contribution in [2.45, 2.75) is 19.9 Å². The van der Waals surface area contributed by atoms with Crippen LogP contribution in [0.3, 0.4) is 0 Å². The number of methoxy groups -OCH3 is 2. The van der Waals surface area contributed by atoms with Gasteiger partial charge in [-0.15, -0.1) is 11.3 Å². The molecule has 0 aliphatic heterocycles. The van der Waals surface area contributed by atoms with Gasteiger partial charge in [-0.2, -0.15) is 0 Å². The summed E-state index contributed by atoms with van der Waals surface area (Å²) in [5, 5.41) is 6.66. The second-order valence-corrected chi connectivity index (χ2v) is 6.98. The van der Waals surface area contributed by atoms with Gasteiger partial charge in [0, 0.05) is 17.5 Å². The van der Waals surface area contributed by atoms with Gasteiger partial charge >= 0.3 is 0 Å². The Kier molecular flexibility index (Phi) is 6.26. The van der Waals surface area contributed by atoms with Crippen LogP contribution in [0.1, 0.15) is 16.8 Å². The molecule has 0 saturated carbocycles. The van der Waals surface area contributed by atoms with E-state index >= 15 is 0 Å². The van der Waals surface area contributed by atoms with Gasteiger partial charge in [0.2, 0.25) is 0 Å². The Morgan fingerprint density at radius 3 is 2.50 bits per heavy atom. The van der Waals surface area contributed by atoms with Crippen LogP contribution in [0.5, 0.6) is 11.5 Å². The fraction of sp³-hybridized carbons (Fsp3) is 0.286. The second kappa shape index (κ2) is 8.83. The highest BCUT2D eigenvalue weighted by Crippen LogP contribution is 2.27. The summed E-state index contributed by atoms with van der Waals surface area (Å²) in [5.41, 5.74) is 4.74. The first-order valence-electron chi connectivity index (χ1n) is 8.62. The molecule has 1 aromatic heterocycles. The maximum Gasteiger partial charge on any atom is 0.160 e. The standard InChI is InChI=1S/C21H24N2O2S/c1-15-4-7-17(8-5-15)21-23-18(14-26-21)13-22-11-10-16-6-9-19(24-2)20(12-16)25-3/h4-9,12,14,22H,10-11,13H2,1-3H3. The van der Waals surface area contributed by atoms with E-state index in [0.29, 0.717) is 0 Å². The van der Waals surface area contributed by atoms with Crippen LogP contribution in [0.2, 0.25) is 0 Å². The summed E-state index contributed by atoms with van der Waals surface area (Å²) in [5.74, 6) is 1.53. The predicted octanol–water partition coefficient (Wildman–Crippen LogP) is 4.47. The van der Waals surface area contributed by atoms with Crippen LogP contribution in [0, 0.1) is 6.92 Å². The minimum atomic E-state index is 0.760. The van der Waals surface area contributed by atoms with Gasteiger partial charge in [0.15, 0.2) is 11.5 Å². The minimum Gasteiger partial charge on any atom is -0.493 e. The number of aryl methyl sites for hydroxylation is 1. The molecule has 1 heterocycles. The third-order valence-electron chi connectivity index (χ3n) is 4.19. The van der Waals surface area contributed by atoms with Gasteiger partial charge < -0.3 is 14.8 Å². The molecule has 0 saturated heterocycles. The lowest BCUT2D eigenvalue weighted by molar-refractivity contribution is 0.354. The summed E-state index contributed by atoms with van der Waals surface area (Å²) in [7, 11) is 3.31.